The quantitative estimate of drug-likeness (QED) is 0.777. The van der Waals surface area contributed by atoms with Gasteiger partial charge in [-0.3, -0.25) is 4.79 Å². The number of carboxylic acids is 1. The Bertz CT molecular complexity index is 562. The van der Waals surface area contributed by atoms with E-state index in [1.54, 1.807) is 13.8 Å². The molecule has 0 aromatic carbocycles. The number of pyridine rings is 1. The summed E-state index contributed by atoms with van der Waals surface area (Å²) in [5.74, 6) is -1.57. The average molecular weight is 307 g/mol. The van der Waals surface area contributed by atoms with Crippen molar-refractivity contribution in [3.63, 3.8) is 0 Å². The fourth-order valence-corrected chi connectivity index (χ4v) is 3.20. The van der Waals surface area contributed by atoms with Crippen LogP contribution in [0.2, 0.25) is 5.15 Å². The number of nitrogens with one attached hydrogen (secondary N) is 1. The summed E-state index contributed by atoms with van der Waals surface area (Å²) < 4.78 is 26.3. The van der Waals surface area contributed by atoms with Gasteiger partial charge in [0.15, 0.2) is 0 Å². The van der Waals surface area contributed by atoms with E-state index in [4.69, 9.17) is 16.7 Å². The van der Waals surface area contributed by atoms with E-state index < -0.39 is 22.0 Å². The number of hydrogen-bond acceptors (Lipinski definition) is 4. The Morgan fingerprint density at radius 1 is 1.58 bits per heavy atom. The Kier molecular flexibility index (Phi) is 5.28. The SMILES string of the molecule is CC[C@H](C)[C@H](NS(=O)(=O)c1cccnc1Cl)C(=O)O. The highest BCUT2D eigenvalue weighted by Crippen LogP contribution is 2.19. The summed E-state index contributed by atoms with van der Waals surface area (Å²) in [6.45, 7) is 3.44. The van der Waals surface area contributed by atoms with Crippen LogP contribution < -0.4 is 4.72 Å². The first-order valence-corrected chi connectivity index (χ1v) is 7.51. The number of carbonyl (C=O) groups is 1. The van der Waals surface area contributed by atoms with E-state index in [1.807, 2.05) is 0 Å². The molecule has 0 spiro atoms. The van der Waals surface area contributed by atoms with Gasteiger partial charge in [0, 0.05) is 6.20 Å². The topological polar surface area (TPSA) is 96.4 Å². The largest absolute Gasteiger partial charge is 0.480 e. The summed E-state index contributed by atoms with van der Waals surface area (Å²) >= 11 is 5.71. The summed E-state index contributed by atoms with van der Waals surface area (Å²) in [6.07, 6.45) is 1.88. The van der Waals surface area contributed by atoms with Crippen LogP contribution in [-0.2, 0) is 14.8 Å². The molecule has 0 aliphatic heterocycles. The molecule has 19 heavy (non-hydrogen) atoms. The normalized spacial score (nSPS) is 14.9. The molecule has 2 atom stereocenters. The van der Waals surface area contributed by atoms with Crippen molar-refractivity contribution in [2.75, 3.05) is 0 Å². The van der Waals surface area contributed by atoms with Crippen molar-refractivity contribution in [1.82, 2.24) is 9.71 Å². The van der Waals surface area contributed by atoms with Crippen LogP contribution in [0.15, 0.2) is 23.2 Å². The lowest BCUT2D eigenvalue weighted by Crippen LogP contribution is -2.44. The van der Waals surface area contributed by atoms with Crippen molar-refractivity contribution < 1.29 is 18.3 Å². The number of aliphatic carboxylic acids is 1. The molecule has 1 rings (SSSR count). The van der Waals surface area contributed by atoms with Gasteiger partial charge in [-0.15, -0.1) is 0 Å². The molecule has 8 heteroatoms. The number of rotatable bonds is 6. The fourth-order valence-electron chi connectivity index (χ4n) is 1.45. The van der Waals surface area contributed by atoms with Crippen LogP contribution in [0.5, 0.6) is 0 Å². The second kappa shape index (κ2) is 6.31. The minimum absolute atomic E-state index is 0.191. The maximum Gasteiger partial charge on any atom is 0.322 e. The van der Waals surface area contributed by atoms with Gasteiger partial charge in [-0.05, 0) is 18.1 Å². The highest BCUT2D eigenvalue weighted by Gasteiger charge is 2.30. The molecule has 0 radical (unpaired) electrons. The van der Waals surface area contributed by atoms with Crippen molar-refractivity contribution >= 4 is 27.6 Å². The van der Waals surface area contributed by atoms with Gasteiger partial charge in [-0.1, -0.05) is 31.9 Å². The molecule has 1 aromatic heterocycles. The van der Waals surface area contributed by atoms with E-state index in [0.29, 0.717) is 6.42 Å². The van der Waals surface area contributed by atoms with E-state index >= 15 is 0 Å². The molecule has 0 amide bonds. The summed E-state index contributed by atoms with van der Waals surface area (Å²) in [6, 6.07) is 1.48. The molecule has 2 N–H and O–H groups in total. The van der Waals surface area contributed by atoms with Crippen molar-refractivity contribution in [2.45, 2.75) is 31.2 Å². The second-order valence-corrected chi connectivity index (χ2v) is 6.16. The van der Waals surface area contributed by atoms with Gasteiger partial charge in [-0.2, -0.15) is 4.72 Å². The lowest BCUT2D eigenvalue weighted by atomic mass is 10.0. The molecule has 0 fully saturated rings. The number of aromatic nitrogens is 1. The van der Waals surface area contributed by atoms with Crippen LogP contribution in [0.1, 0.15) is 20.3 Å². The Hall–Kier alpha value is -1.18. The first-order valence-electron chi connectivity index (χ1n) is 5.65. The number of sulfonamides is 1. The Labute approximate surface area is 116 Å². The molecular weight excluding hydrogens is 292 g/mol. The Morgan fingerprint density at radius 3 is 2.68 bits per heavy atom. The monoisotopic (exact) mass is 306 g/mol. The smallest absolute Gasteiger partial charge is 0.322 e. The summed E-state index contributed by atoms with van der Waals surface area (Å²) in [7, 11) is -4.02. The lowest BCUT2D eigenvalue weighted by molar-refractivity contribution is -0.140. The molecule has 0 saturated heterocycles. The molecule has 1 aromatic rings. The van der Waals surface area contributed by atoms with Crippen LogP contribution in [0.3, 0.4) is 0 Å². The minimum Gasteiger partial charge on any atom is -0.480 e. The Morgan fingerprint density at radius 2 is 2.21 bits per heavy atom. The number of carboxylic acid groups (broad SMARTS) is 1. The molecule has 0 saturated carbocycles. The average Bonchev–Trinajstić information content (AvgIpc) is 2.35. The maximum atomic E-state index is 12.1. The predicted octanol–water partition coefficient (Wildman–Crippen LogP) is 1.51. The van der Waals surface area contributed by atoms with Gasteiger partial charge in [0.2, 0.25) is 10.0 Å². The van der Waals surface area contributed by atoms with Crippen molar-refractivity contribution in [3.05, 3.63) is 23.5 Å². The van der Waals surface area contributed by atoms with Crippen LogP contribution in [0.25, 0.3) is 0 Å². The maximum absolute atomic E-state index is 12.1. The van der Waals surface area contributed by atoms with Crippen molar-refractivity contribution in [2.24, 2.45) is 5.92 Å². The number of nitrogens with zero attached hydrogens (tertiary/aromatic N) is 1. The van der Waals surface area contributed by atoms with Gasteiger partial charge in [0.1, 0.15) is 16.1 Å². The molecule has 0 unspecified atom stereocenters. The van der Waals surface area contributed by atoms with Gasteiger partial charge < -0.3 is 5.11 Å². The molecule has 106 valence electrons. The van der Waals surface area contributed by atoms with Crippen molar-refractivity contribution in [1.29, 1.82) is 0 Å². The summed E-state index contributed by atoms with van der Waals surface area (Å²) in [5, 5.41) is 8.89. The third-order valence-corrected chi connectivity index (χ3v) is 4.66. The standard InChI is InChI=1S/C11H15ClN2O4S/c1-3-7(2)9(11(15)16)14-19(17,18)8-5-4-6-13-10(8)12/h4-7,9,14H,3H2,1-2H3,(H,15,16)/t7-,9-/m0/s1. The predicted molar refractivity (Wildman–Crippen MR) is 70.4 cm³/mol. The molecule has 1 heterocycles. The van der Waals surface area contributed by atoms with Crippen LogP contribution in [0, 0.1) is 5.92 Å². The first-order chi connectivity index (χ1) is 8.79. The zero-order valence-electron chi connectivity index (χ0n) is 10.5. The van der Waals surface area contributed by atoms with Crippen molar-refractivity contribution in [3.8, 4) is 0 Å². The van der Waals surface area contributed by atoms with E-state index in [1.165, 1.54) is 18.3 Å². The first kappa shape index (κ1) is 15.9. The minimum atomic E-state index is -4.02. The zero-order valence-corrected chi connectivity index (χ0v) is 12.1. The Balaban J connectivity index is 3.08. The lowest BCUT2D eigenvalue weighted by Gasteiger charge is -2.20. The molecule has 0 aliphatic carbocycles. The molecule has 0 aliphatic rings. The van der Waals surface area contributed by atoms with E-state index in [9.17, 15) is 13.2 Å². The molecule has 0 bridgehead atoms. The van der Waals surface area contributed by atoms with E-state index in [2.05, 4.69) is 9.71 Å². The van der Waals surface area contributed by atoms with Gasteiger partial charge in [0.25, 0.3) is 0 Å². The van der Waals surface area contributed by atoms with E-state index in [-0.39, 0.29) is 16.0 Å². The highest BCUT2D eigenvalue weighted by molar-refractivity contribution is 7.89. The zero-order chi connectivity index (χ0) is 14.6. The van der Waals surface area contributed by atoms with E-state index in [0.717, 1.165) is 0 Å². The summed E-state index contributed by atoms with van der Waals surface area (Å²) in [4.78, 5) is 14.5. The second-order valence-electron chi connectivity index (χ2n) is 4.12. The van der Waals surface area contributed by atoms with Crippen LogP contribution >= 0.6 is 11.6 Å². The third kappa shape index (κ3) is 3.89. The van der Waals surface area contributed by atoms with Crippen LogP contribution in [0.4, 0.5) is 0 Å². The fraction of sp³-hybridized carbons (Fsp3) is 0.455. The number of halogens is 1. The number of hydrogen-bond donors (Lipinski definition) is 2. The third-order valence-electron chi connectivity index (χ3n) is 2.78. The van der Waals surface area contributed by atoms with Gasteiger partial charge >= 0.3 is 5.97 Å². The van der Waals surface area contributed by atoms with Gasteiger partial charge in [0.05, 0.1) is 0 Å². The summed E-state index contributed by atoms with van der Waals surface area (Å²) in [5.41, 5.74) is 0. The molecule has 6 nitrogen and oxygen atoms in total. The highest BCUT2D eigenvalue weighted by atomic mass is 35.5. The van der Waals surface area contributed by atoms with Crippen LogP contribution in [-0.4, -0.2) is 30.5 Å². The van der Waals surface area contributed by atoms with Gasteiger partial charge in [-0.25, -0.2) is 13.4 Å². The molecular formula is C11H15ClN2O4S.